The third-order valence-corrected chi connectivity index (χ3v) is 3.60. The van der Waals surface area contributed by atoms with Crippen LogP contribution in [-0.4, -0.2) is 0 Å². The molecule has 0 nitrogen and oxygen atoms in total. The molecule has 2 heteroatoms. The molecule has 0 bridgehead atoms. The summed E-state index contributed by atoms with van der Waals surface area (Å²) in [4.78, 5) is 0. The van der Waals surface area contributed by atoms with Gasteiger partial charge in [0.15, 0.2) is 0 Å². The molecule has 0 amide bonds. The summed E-state index contributed by atoms with van der Waals surface area (Å²) in [5.41, 5.74) is 3.14. The van der Waals surface area contributed by atoms with Crippen LogP contribution in [0.3, 0.4) is 0 Å². The maximum absolute atomic E-state index is 13.0. The molecule has 3 aromatic carbocycles. The van der Waals surface area contributed by atoms with Gasteiger partial charge < -0.3 is 0 Å². The molecule has 0 saturated carbocycles. The molecule has 0 heterocycles. The zero-order chi connectivity index (χ0) is 13.2. The predicted molar refractivity (Wildman–Crippen MR) is 78.9 cm³/mol. The van der Waals surface area contributed by atoms with E-state index in [2.05, 4.69) is 18.2 Å². The summed E-state index contributed by atoms with van der Waals surface area (Å²) >= 11 is 6.12. The fourth-order valence-corrected chi connectivity index (χ4v) is 2.67. The summed E-state index contributed by atoms with van der Waals surface area (Å²) < 4.78 is 13.0. The molecule has 0 fully saturated rings. The number of halogens is 2. The minimum Gasteiger partial charge on any atom is -0.207 e. The Morgan fingerprint density at radius 2 is 1.58 bits per heavy atom. The number of alkyl halides is 1. The first kappa shape index (κ1) is 12.2. The molecule has 19 heavy (non-hydrogen) atoms. The Hall–Kier alpha value is -1.86. The highest BCUT2D eigenvalue weighted by Crippen LogP contribution is 2.31. The molecule has 0 radical (unpaired) electrons. The van der Waals surface area contributed by atoms with Gasteiger partial charge in [0, 0.05) is 5.88 Å². The topological polar surface area (TPSA) is 0 Å². The molecule has 94 valence electrons. The first-order chi connectivity index (χ1) is 9.29. The van der Waals surface area contributed by atoms with Crippen LogP contribution in [-0.2, 0) is 5.88 Å². The Kier molecular flexibility index (Phi) is 3.22. The van der Waals surface area contributed by atoms with E-state index >= 15 is 0 Å². The van der Waals surface area contributed by atoms with Crippen molar-refractivity contribution < 1.29 is 4.39 Å². The molecule has 0 unspecified atom stereocenters. The minimum absolute atomic E-state index is 0.225. The SMILES string of the molecule is Fc1ccc(-c2ccc3ccccc3c2CCl)cc1. The van der Waals surface area contributed by atoms with E-state index in [1.807, 2.05) is 18.2 Å². The van der Waals surface area contributed by atoms with Crippen molar-refractivity contribution in [3.8, 4) is 11.1 Å². The highest BCUT2D eigenvalue weighted by Gasteiger charge is 2.08. The zero-order valence-electron chi connectivity index (χ0n) is 10.2. The number of fused-ring (bicyclic) bond motifs is 1. The maximum Gasteiger partial charge on any atom is 0.123 e. The summed E-state index contributed by atoms with van der Waals surface area (Å²) in [6.07, 6.45) is 0. The molecule has 0 atom stereocenters. The Morgan fingerprint density at radius 3 is 2.32 bits per heavy atom. The molecule has 3 rings (SSSR count). The predicted octanol–water partition coefficient (Wildman–Crippen LogP) is 5.38. The van der Waals surface area contributed by atoms with Gasteiger partial charge in [-0.05, 0) is 39.6 Å². The normalized spacial score (nSPS) is 10.8. The molecular weight excluding hydrogens is 259 g/mol. The summed E-state index contributed by atoms with van der Waals surface area (Å²) in [6, 6.07) is 18.8. The number of rotatable bonds is 2. The van der Waals surface area contributed by atoms with Crippen LogP contribution in [0, 0.1) is 5.82 Å². The first-order valence-electron chi connectivity index (χ1n) is 6.12. The Balaban J connectivity index is 2.26. The van der Waals surface area contributed by atoms with Gasteiger partial charge in [-0.3, -0.25) is 0 Å². The van der Waals surface area contributed by atoms with Crippen molar-refractivity contribution >= 4 is 22.4 Å². The van der Waals surface area contributed by atoms with Crippen molar-refractivity contribution in [3.63, 3.8) is 0 Å². The average Bonchev–Trinajstić information content (AvgIpc) is 2.47. The van der Waals surface area contributed by atoms with Crippen molar-refractivity contribution in [2.45, 2.75) is 5.88 Å². The molecule has 0 aliphatic carbocycles. The first-order valence-corrected chi connectivity index (χ1v) is 6.65. The lowest BCUT2D eigenvalue weighted by Crippen LogP contribution is -1.89. The van der Waals surface area contributed by atoms with Crippen LogP contribution < -0.4 is 0 Å². The Bertz CT molecular complexity index is 717. The third-order valence-electron chi connectivity index (χ3n) is 3.33. The second kappa shape index (κ2) is 5.02. The van der Waals surface area contributed by atoms with Crippen molar-refractivity contribution in [1.29, 1.82) is 0 Å². The van der Waals surface area contributed by atoms with Gasteiger partial charge >= 0.3 is 0 Å². The van der Waals surface area contributed by atoms with Crippen molar-refractivity contribution in [2.24, 2.45) is 0 Å². The van der Waals surface area contributed by atoms with Crippen molar-refractivity contribution in [3.05, 3.63) is 72.0 Å². The third kappa shape index (κ3) is 2.22. The Morgan fingerprint density at radius 1 is 0.842 bits per heavy atom. The van der Waals surface area contributed by atoms with Gasteiger partial charge in [0.1, 0.15) is 5.82 Å². The fourth-order valence-electron chi connectivity index (χ4n) is 2.38. The van der Waals surface area contributed by atoms with Gasteiger partial charge in [-0.1, -0.05) is 48.5 Å². The zero-order valence-corrected chi connectivity index (χ0v) is 11.0. The van der Waals surface area contributed by atoms with E-state index in [1.165, 1.54) is 17.5 Å². The van der Waals surface area contributed by atoms with Crippen LogP contribution >= 0.6 is 11.6 Å². The maximum atomic E-state index is 13.0. The van der Waals surface area contributed by atoms with Gasteiger partial charge in [-0.15, -0.1) is 11.6 Å². The van der Waals surface area contributed by atoms with E-state index in [0.29, 0.717) is 5.88 Å². The van der Waals surface area contributed by atoms with Crippen LogP contribution in [0.15, 0.2) is 60.7 Å². The second-order valence-corrected chi connectivity index (χ2v) is 4.72. The van der Waals surface area contributed by atoms with Crippen LogP contribution in [0.25, 0.3) is 21.9 Å². The lowest BCUT2D eigenvalue weighted by Gasteiger charge is -2.11. The number of hydrogen-bond donors (Lipinski definition) is 0. The number of benzene rings is 3. The minimum atomic E-state index is -0.225. The molecule has 3 aromatic rings. The summed E-state index contributed by atoms with van der Waals surface area (Å²) in [5, 5.41) is 2.32. The van der Waals surface area contributed by atoms with Crippen LogP contribution in [0.4, 0.5) is 4.39 Å². The lowest BCUT2D eigenvalue weighted by molar-refractivity contribution is 0.628. The molecule has 0 aliphatic heterocycles. The van der Waals surface area contributed by atoms with E-state index in [9.17, 15) is 4.39 Å². The van der Waals surface area contributed by atoms with E-state index in [-0.39, 0.29) is 5.82 Å². The standard InChI is InChI=1S/C17H12ClF/c18-11-17-15-4-2-1-3-12(15)7-10-16(17)13-5-8-14(19)9-6-13/h1-10H,11H2. The number of hydrogen-bond acceptors (Lipinski definition) is 0. The highest BCUT2D eigenvalue weighted by molar-refractivity contribution is 6.18. The van der Waals surface area contributed by atoms with E-state index in [0.717, 1.165) is 22.1 Å². The molecule has 0 aromatic heterocycles. The van der Waals surface area contributed by atoms with E-state index in [1.54, 1.807) is 12.1 Å². The second-order valence-electron chi connectivity index (χ2n) is 4.45. The van der Waals surface area contributed by atoms with Crippen molar-refractivity contribution in [2.75, 3.05) is 0 Å². The molecule has 0 spiro atoms. The quantitative estimate of drug-likeness (QED) is 0.548. The molecule has 0 saturated heterocycles. The summed E-state index contributed by atoms with van der Waals surface area (Å²) in [7, 11) is 0. The van der Waals surface area contributed by atoms with Crippen LogP contribution in [0.5, 0.6) is 0 Å². The fraction of sp³-hybridized carbons (Fsp3) is 0.0588. The van der Waals surface area contributed by atoms with Gasteiger partial charge in [-0.25, -0.2) is 4.39 Å². The van der Waals surface area contributed by atoms with Gasteiger partial charge in [-0.2, -0.15) is 0 Å². The monoisotopic (exact) mass is 270 g/mol. The average molecular weight is 271 g/mol. The van der Waals surface area contributed by atoms with Gasteiger partial charge in [0.2, 0.25) is 0 Å². The summed E-state index contributed by atoms with van der Waals surface area (Å²) in [6.45, 7) is 0. The van der Waals surface area contributed by atoms with E-state index in [4.69, 9.17) is 11.6 Å². The van der Waals surface area contributed by atoms with Gasteiger partial charge in [0.25, 0.3) is 0 Å². The smallest absolute Gasteiger partial charge is 0.123 e. The van der Waals surface area contributed by atoms with Gasteiger partial charge in [0.05, 0.1) is 0 Å². The highest BCUT2D eigenvalue weighted by atomic mass is 35.5. The molecular formula is C17H12ClF. The molecule has 0 aliphatic rings. The van der Waals surface area contributed by atoms with Crippen LogP contribution in [0.2, 0.25) is 0 Å². The Labute approximate surface area is 116 Å². The summed E-state index contributed by atoms with van der Waals surface area (Å²) in [5.74, 6) is 0.214. The van der Waals surface area contributed by atoms with E-state index < -0.39 is 0 Å². The largest absolute Gasteiger partial charge is 0.207 e. The van der Waals surface area contributed by atoms with Crippen LogP contribution in [0.1, 0.15) is 5.56 Å². The lowest BCUT2D eigenvalue weighted by atomic mass is 9.95. The van der Waals surface area contributed by atoms with Crippen molar-refractivity contribution in [1.82, 2.24) is 0 Å². The molecule has 0 N–H and O–H groups in total.